The summed E-state index contributed by atoms with van der Waals surface area (Å²) in [5.41, 5.74) is -0.414. The largest absolute Gasteiger partial charge is 0.467 e. The molecule has 0 bridgehead atoms. The summed E-state index contributed by atoms with van der Waals surface area (Å²) in [5, 5.41) is 15.6. The molecule has 2 amide bonds. The Morgan fingerprint density at radius 2 is 2.03 bits per heavy atom. The third-order valence-corrected chi connectivity index (χ3v) is 4.52. The molecule has 2 aromatic rings. The number of nitrogens with zero attached hydrogens (tertiary/aromatic N) is 1. The average Bonchev–Trinajstić information content (AvgIpc) is 3.26. The normalized spacial score (nSPS) is 15.7. The molecule has 3 rings (SSSR count). The van der Waals surface area contributed by atoms with Crippen molar-refractivity contribution in [2.75, 3.05) is 13.2 Å². The SMILES string of the molecule is CCOC(=O)C1=C(COC(=O)c2ccc([N+](=O)[O-])cc2Cl)NC(=O)NC1c1ccco1. The minimum atomic E-state index is -0.959. The van der Waals surface area contributed by atoms with Gasteiger partial charge in [-0.05, 0) is 25.1 Å². The second-order valence-electron chi connectivity index (χ2n) is 6.16. The topological polar surface area (TPSA) is 150 Å². The summed E-state index contributed by atoms with van der Waals surface area (Å²) >= 11 is 5.94. The number of hydrogen-bond donors (Lipinski definition) is 2. The van der Waals surface area contributed by atoms with E-state index in [0.717, 1.165) is 18.2 Å². The van der Waals surface area contributed by atoms with E-state index in [1.165, 1.54) is 6.26 Å². The first-order valence-electron chi connectivity index (χ1n) is 8.94. The standard InChI is InChI=1S/C19H16ClN3O8/c1-2-29-18(25)15-13(21-19(26)22-16(15)14-4-3-7-30-14)9-31-17(24)11-6-5-10(23(27)28)8-12(11)20/h3-8,16H,2,9H2,1H3,(H2,21,22,26). The number of non-ortho nitro benzene ring substituents is 1. The molecule has 0 saturated carbocycles. The molecule has 1 aliphatic heterocycles. The molecular weight excluding hydrogens is 434 g/mol. The van der Waals surface area contributed by atoms with Crippen LogP contribution in [0.1, 0.15) is 29.1 Å². The van der Waals surface area contributed by atoms with E-state index in [-0.39, 0.29) is 39.9 Å². The Bertz CT molecular complexity index is 1060. The molecule has 2 heterocycles. The average molecular weight is 450 g/mol. The lowest BCUT2D eigenvalue weighted by atomic mass is 10.0. The second kappa shape index (κ2) is 9.30. The van der Waals surface area contributed by atoms with Crippen LogP contribution in [0.3, 0.4) is 0 Å². The zero-order valence-corrected chi connectivity index (χ0v) is 16.8. The van der Waals surface area contributed by atoms with E-state index < -0.39 is 35.5 Å². The summed E-state index contributed by atoms with van der Waals surface area (Å²) in [5.74, 6) is -1.37. The van der Waals surface area contributed by atoms with Crippen LogP contribution in [0.15, 0.2) is 52.3 Å². The number of amides is 2. The lowest BCUT2D eigenvalue weighted by Gasteiger charge is -2.27. The minimum Gasteiger partial charge on any atom is -0.467 e. The van der Waals surface area contributed by atoms with Crippen LogP contribution < -0.4 is 10.6 Å². The van der Waals surface area contributed by atoms with Crippen LogP contribution in [0.4, 0.5) is 10.5 Å². The molecule has 2 N–H and O–H groups in total. The van der Waals surface area contributed by atoms with Crippen LogP contribution in [0.25, 0.3) is 0 Å². The number of carbonyl (C=O) groups excluding carboxylic acids is 3. The molecule has 1 aromatic carbocycles. The molecule has 0 radical (unpaired) electrons. The van der Waals surface area contributed by atoms with E-state index >= 15 is 0 Å². The number of carbonyl (C=O) groups is 3. The van der Waals surface area contributed by atoms with Gasteiger partial charge in [0.2, 0.25) is 0 Å². The van der Waals surface area contributed by atoms with Gasteiger partial charge in [-0.2, -0.15) is 0 Å². The highest BCUT2D eigenvalue weighted by atomic mass is 35.5. The van der Waals surface area contributed by atoms with Crippen LogP contribution in [0, 0.1) is 10.1 Å². The number of ether oxygens (including phenoxy) is 2. The number of nitro benzene ring substituents is 1. The molecule has 31 heavy (non-hydrogen) atoms. The zero-order chi connectivity index (χ0) is 22.5. The quantitative estimate of drug-likeness (QED) is 0.372. The summed E-state index contributed by atoms with van der Waals surface area (Å²) < 4.78 is 15.6. The fourth-order valence-electron chi connectivity index (χ4n) is 2.85. The number of nitro groups is 1. The Kier molecular flexibility index (Phi) is 6.55. The van der Waals surface area contributed by atoms with Gasteiger partial charge in [-0.3, -0.25) is 10.1 Å². The summed E-state index contributed by atoms with van der Waals surface area (Å²) in [6, 6.07) is 4.81. The molecule has 0 fully saturated rings. The van der Waals surface area contributed by atoms with Crippen molar-refractivity contribution in [3.05, 3.63) is 74.3 Å². The monoisotopic (exact) mass is 449 g/mol. The van der Waals surface area contributed by atoms with Crippen LogP contribution in [-0.4, -0.2) is 36.1 Å². The Morgan fingerprint density at radius 1 is 1.26 bits per heavy atom. The number of halogens is 1. The van der Waals surface area contributed by atoms with Crippen molar-refractivity contribution in [2.45, 2.75) is 13.0 Å². The number of benzene rings is 1. The smallest absolute Gasteiger partial charge is 0.340 e. The fourth-order valence-corrected chi connectivity index (χ4v) is 3.10. The molecule has 1 aliphatic rings. The molecule has 0 spiro atoms. The number of urea groups is 1. The van der Waals surface area contributed by atoms with Crippen LogP contribution >= 0.6 is 11.6 Å². The van der Waals surface area contributed by atoms with Crippen LogP contribution in [0.5, 0.6) is 0 Å². The predicted octanol–water partition coefficient (Wildman–Crippen LogP) is 2.87. The Morgan fingerprint density at radius 3 is 2.65 bits per heavy atom. The molecule has 11 nitrogen and oxygen atoms in total. The van der Waals surface area contributed by atoms with Crippen molar-refractivity contribution in [1.82, 2.24) is 10.6 Å². The van der Waals surface area contributed by atoms with Gasteiger partial charge in [0.1, 0.15) is 18.4 Å². The first kappa shape index (κ1) is 21.8. The summed E-state index contributed by atoms with van der Waals surface area (Å²) in [4.78, 5) is 47.2. The number of rotatable bonds is 7. The second-order valence-corrected chi connectivity index (χ2v) is 6.56. The van der Waals surface area contributed by atoms with Crippen LogP contribution in [-0.2, 0) is 14.3 Å². The van der Waals surface area contributed by atoms with Crippen molar-refractivity contribution in [3.63, 3.8) is 0 Å². The highest BCUT2D eigenvalue weighted by Gasteiger charge is 2.35. The molecule has 0 saturated heterocycles. The maximum absolute atomic E-state index is 12.6. The van der Waals surface area contributed by atoms with Gasteiger partial charge in [0, 0.05) is 12.1 Å². The highest BCUT2D eigenvalue weighted by molar-refractivity contribution is 6.33. The van der Waals surface area contributed by atoms with Crippen molar-refractivity contribution in [1.29, 1.82) is 0 Å². The van der Waals surface area contributed by atoms with Gasteiger partial charge in [-0.1, -0.05) is 11.6 Å². The summed E-state index contributed by atoms with van der Waals surface area (Å²) in [6.07, 6.45) is 1.38. The van der Waals surface area contributed by atoms with Gasteiger partial charge in [-0.25, -0.2) is 14.4 Å². The van der Waals surface area contributed by atoms with Gasteiger partial charge in [0.05, 0.1) is 39.6 Å². The Labute approximate surface area is 180 Å². The van der Waals surface area contributed by atoms with Gasteiger partial charge in [-0.15, -0.1) is 0 Å². The van der Waals surface area contributed by atoms with Crippen molar-refractivity contribution < 1.29 is 33.2 Å². The third-order valence-electron chi connectivity index (χ3n) is 4.21. The maximum Gasteiger partial charge on any atom is 0.340 e. The molecule has 0 aliphatic carbocycles. The predicted molar refractivity (Wildman–Crippen MR) is 105 cm³/mol. The number of furan rings is 1. The molecule has 1 aromatic heterocycles. The third kappa shape index (κ3) is 4.83. The number of esters is 2. The highest BCUT2D eigenvalue weighted by Crippen LogP contribution is 2.29. The van der Waals surface area contributed by atoms with E-state index in [9.17, 15) is 24.5 Å². The minimum absolute atomic E-state index is 0.000929. The van der Waals surface area contributed by atoms with Gasteiger partial charge in [0.25, 0.3) is 5.69 Å². The van der Waals surface area contributed by atoms with E-state index in [0.29, 0.717) is 0 Å². The molecule has 1 atom stereocenters. The lowest BCUT2D eigenvalue weighted by molar-refractivity contribution is -0.384. The fraction of sp³-hybridized carbons (Fsp3) is 0.211. The van der Waals surface area contributed by atoms with Crippen LogP contribution in [0.2, 0.25) is 5.02 Å². The number of hydrogen-bond acceptors (Lipinski definition) is 8. The molecular formula is C19H16ClN3O8. The van der Waals surface area contributed by atoms with E-state index in [4.69, 9.17) is 25.5 Å². The van der Waals surface area contributed by atoms with E-state index in [1.807, 2.05) is 0 Å². The molecule has 12 heteroatoms. The summed E-state index contributed by atoms with van der Waals surface area (Å²) in [6.45, 7) is 1.20. The van der Waals surface area contributed by atoms with Gasteiger partial charge < -0.3 is 24.5 Å². The zero-order valence-electron chi connectivity index (χ0n) is 16.0. The molecule has 162 valence electrons. The van der Waals surface area contributed by atoms with E-state index in [1.54, 1.807) is 19.1 Å². The van der Waals surface area contributed by atoms with Gasteiger partial charge >= 0.3 is 18.0 Å². The Hall–Kier alpha value is -3.86. The molecule has 1 unspecified atom stereocenters. The van der Waals surface area contributed by atoms with E-state index in [2.05, 4.69) is 10.6 Å². The maximum atomic E-state index is 12.6. The first-order valence-corrected chi connectivity index (χ1v) is 9.31. The number of nitrogens with one attached hydrogen (secondary N) is 2. The van der Waals surface area contributed by atoms with Gasteiger partial charge in [0.15, 0.2) is 0 Å². The van der Waals surface area contributed by atoms with Crippen molar-refractivity contribution in [2.24, 2.45) is 0 Å². The lowest BCUT2D eigenvalue weighted by Crippen LogP contribution is -2.47. The van der Waals surface area contributed by atoms with Crippen molar-refractivity contribution in [3.8, 4) is 0 Å². The summed E-state index contributed by atoms with van der Waals surface area (Å²) in [7, 11) is 0. The Balaban J connectivity index is 1.88. The first-order chi connectivity index (χ1) is 14.8. The van der Waals surface area contributed by atoms with Crippen molar-refractivity contribution >= 4 is 35.3 Å².